The van der Waals surface area contributed by atoms with E-state index < -0.39 is 11.2 Å². The summed E-state index contributed by atoms with van der Waals surface area (Å²) in [5.41, 5.74) is 0. The SMILES string of the molecule is CC(=O)N1CCN(c2nnc(C(F)(F)F)s2)CC1. The Bertz CT molecular complexity index is 439. The third-order valence-corrected chi connectivity index (χ3v) is 3.68. The highest BCUT2D eigenvalue weighted by molar-refractivity contribution is 7.15. The zero-order chi connectivity index (χ0) is 13.3. The number of carbonyl (C=O) groups is 1. The third-order valence-electron chi connectivity index (χ3n) is 2.65. The molecule has 18 heavy (non-hydrogen) atoms. The number of amides is 1. The fourth-order valence-electron chi connectivity index (χ4n) is 1.67. The van der Waals surface area contributed by atoms with Crippen LogP contribution in [-0.2, 0) is 11.0 Å². The summed E-state index contributed by atoms with van der Waals surface area (Å²) in [6, 6.07) is 0. The average molecular weight is 280 g/mol. The maximum absolute atomic E-state index is 12.4. The Morgan fingerprint density at radius 3 is 2.28 bits per heavy atom. The van der Waals surface area contributed by atoms with Crippen molar-refractivity contribution in [1.29, 1.82) is 0 Å². The maximum Gasteiger partial charge on any atom is 0.445 e. The van der Waals surface area contributed by atoms with Crippen molar-refractivity contribution in [3.8, 4) is 0 Å². The topological polar surface area (TPSA) is 49.3 Å². The van der Waals surface area contributed by atoms with Gasteiger partial charge in [-0.1, -0.05) is 11.3 Å². The van der Waals surface area contributed by atoms with Crippen LogP contribution in [0.15, 0.2) is 0 Å². The molecule has 0 saturated carbocycles. The summed E-state index contributed by atoms with van der Waals surface area (Å²) in [7, 11) is 0. The molecule has 0 radical (unpaired) electrons. The van der Waals surface area contributed by atoms with Gasteiger partial charge in [-0.3, -0.25) is 4.79 Å². The van der Waals surface area contributed by atoms with Crippen molar-refractivity contribution in [2.24, 2.45) is 0 Å². The van der Waals surface area contributed by atoms with E-state index in [9.17, 15) is 18.0 Å². The van der Waals surface area contributed by atoms with E-state index in [2.05, 4.69) is 10.2 Å². The molecule has 0 bridgehead atoms. The predicted octanol–water partition coefficient (Wildman–Crippen LogP) is 1.23. The molecule has 1 amide bonds. The lowest BCUT2D eigenvalue weighted by Gasteiger charge is -2.33. The molecule has 0 atom stereocenters. The first-order valence-corrected chi connectivity index (χ1v) is 6.11. The Labute approximate surface area is 105 Å². The van der Waals surface area contributed by atoms with E-state index in [1.165, 1.54) is 6.92 Å². The Hall–Kier alpha value is -1.38. The molecule has 1 aromatic heterocycles. The van der Waals surface area contributed by atoms with Crippen LogP contribution in [0.1, 0.15) is 11.9 Å². The van der Waals surface area contributed by atoms with Gasteiger partial charge in [-0.25, -0.2) is 0 Å². The highest BCUT2D eigenvalue weighted by Crippen LogP contribution is 2.34. The van der Waals surface area contributed by atoms with Gasteiger partial charge in [0.1, 0.15) is 0 Å². The quantitative estimate of drug-likeness (QED) is 0.776. The summed E-state index contributed by atoms with van der Waals surface area (Å²) in [5, 5.41) is 6.00. The second kappa shape index (κ2) is 4.71. The summed E-state index contributed by atoms with van der Waals surface area (Å²) < 4.78 is 37.1. The lowest BCUT2D eigenvalue weighted by molar-refractivity contribution is -0.138. The molecule has 2 heterocycles. The summed E-state index contributed by atoms with van der Waals surface area (Å²) in [6.07, 6.45) is -4.45. The van der Waals surface area contributed by atoms with Gasteiger partial charge in [0, 0.05) is 33.1 Å². The van der Waals surface area contributed by atoms with Gasteiger partial charge in [0.25, 0.3) is 0 Å². The van der Waals surface area contributed by atoms with Crippen molar-refractivity contribution in [2.45, 2.75) is 13.1 Å². The number of carbonyl (C=O) groups excluding carboxylic acids is 1. The number of hydrogen-bond donors (Lipinski definition) is 0. The van der Waals surface area contributed by atoms with Crippen molar-refractivity contribution in [3.63, 3.8) is 0 Å². The minimum atomic E-state index is -4.45. The molecule has 1 aliphatic heterocycles. The summed E-state index contributed by atoms with van der Waals surface area (Å²) in [5.74, 6) is -0.0251. The van der Waals surface area contributed by atoms with Gasteiger partial charge in [-0.2, -0.15) is 13.2 Å². The fourth-order valence-corrected chi connectivity index (χ4v) is 2.43. The van der Waals surface area contributed by atoms with Crippen molar-refractivity contribution in [2.75, 3.05) is 31.1 Å². The molecule has 0 aliphatic carbocycles. The summed E-state index contributed by atoms with van der Waals surface area (Å²) >= 11 is 0.531. The highest BCUT2D eigenvalue weighted by Gasteiger charge is 2.36. The van der Waals surface area contributed by atoms with Gasteiger partial charge in [0.15, 0.2) is 0 Å². The number of rotatable bonds is 1. The zero-order valence-electron chi connectivity index (χ0n) is 9.57. The van der Waals surface area contributed by atoms with Crippen molar-refractivity contribution in [1.82, 2.24) is 15.1 Å². The Morgan fingerprint density at radius 2 is 1.83 bits per heavy atom. The molecule has 0 spiro atoms. The molecule has 5 nitrogen and oxygen atoms in total. The number of halogens is 3. The smallest absolute Gasteiger partial charge is 0.343 e. The van der Waals surface area contributed by atoms with Gasteiger partial charge < -0.3 is 9.80 Å². The second-order valence-corrected chi connectivity index (χ2v) is 4.84. The standard InChI is InChI=1S/C9H11F3N4OS/c1-6(17)15-2-4-16(5-3-15)8-14-13-7(18-8)9(10,11)12/h2-5H2,1H3. The lowest BCUT2D eigenvalue weighted by Crippen LogP contribution is -2.48. The van der Waals surface area contributed by atoms with E-state index >= 15 is 0 Å². The van der Waals surface area contributed by atoms with Gasteiger partial charge in [-0.15, -0.1) is 10.2 Å². The van der Waals surface area contributed by atoms with Crippen LogP contribution in [0.4, 0.5) is 18.3 Å². The van der Waals surface area contributed by atoms with E-state index in [4.69, 9.17) is 0 Å². The van der Waals surface area contributed by atoms with Crippen LogP contribution in [0.3, 0.4) is 0 Å². The van der Waals surface area contributed by atoms with Crippen molar-refractivity contribution < 1.29 is 18.0 Å². The number of nitrogens with zero attached hydrogens (tertiary/aromatic N) is 4. The van der Waals surface area contributed by atoms with Gasteiger partial charge in [0.2, 0.25) is 16.0 Å². The normalized spacial score (nSPS) is 17.1. The van der Waals surface area contributed by atoms with Crippen LogP contribution in [0.5, 0.6) is 0 Å². The summed E-state index contributed by atoms with van der Waals surface area (Å²) in [4.78, 5) is 14.5. The van der Waals surface area contributed by atoms with Crippen molar-refractivity contribution in [3.05, 3.63) is 5.01 Å². The highest BCUT2D eigenvalue weighted by atomic mass is 32.1. The van der Waals surface area contributed by atoms with E-state index in [1.807, 2.05) is 0 Å². The molecule has 2 rings (SSSR count). The van der Waals surface area contributed by atoms with Crippen LogP contribution >= 0.6 is 11.3 Å². The minimum Gasteiger partial charge on any atom is -0.343 e. The molecule has 9 heteroatoms. The van der Waals surface area contributed by atoms with E-state index in [0.29, 0.717) is 37.5 Å². The first-order chi connectivity index (χ1) is 8.38. The fraction of sp³-hybridized carbons (Fsp3) is 0.667. The Morgan fingerprint density at radius 1 is 1.22 bits per heavy atom. The molecule has 0 N–H and O–H groups in total. The number of piperazine rings is 1. The largest absolute Gasteiger partial charge is 0.445 e. The summed E-state index contributed by atoms with van der Waals surface area (Å²) in [6.45, 7) is 3.42. The van der Waals surface area contributed by atoms with Crippen LogP contribution in [-0.4, -0.2) is 47.2 Å². The second-order valence-electron chi connectivity index (χ2n) is 3.88. The predicted molar refractivity (Wildman–Crippen MR) is 59.4 cm³/mol. The van der Waals surface area contributed by atoms with Crippen LogP contribution in [0, 0.1) is 0 Å². The Kier molecular flexibility index (Phi) is 3.42. The molecule has 1 aromatic rings. The van der Waals surface area contributed by atoms with E-state index in [-0.39, 0.29) is 11.0 Å². The van der Waals surface area contributed by atoms with E-state index in [0.717, 1.165) is 0 Å². The zero-order valence-corrected chi connectivity index (χ0v) is 10.4. The molecule has 0 unspecified atom stereocenters. The third kappa shape index (κ3) is 2.71. The van der Waals surface area contributed by atoms with Crippen LogP contribution in [0.2, 0.25) is 0 Å². The minimum absolute atomic E-state index is 0.0251. The Balaban J connectivity index is 2.02. The van der Waals surface area contributed by atoms with Crippen molar-refractivity contribution >= 4 is 22.4 Å². The van der Waals surface area contributed by atoms with E-state index in [1.54, 1.807) is 9.80 Å². The van der Waals surface area contributed by atoms with Crippen LogP contribution in [0.25, 0.3) is 0 Å². The molecule has 1 fully saturated rings. The number of anilines is 1. The number of aromatic nitrogens is 2. The van der Waals surface area contributed by atoms with Gasteiger partial charge >= 0.3 is 6.18 Å². The first kappa shape index (κ1) is 13.1. The monoisotopic (exact) mass is 280 g/mol. The van der Waals surface area contributed by atoms with Crippen LogP contribution < -0.4 is 4.90 Å². The molecule has 0 aromatic carbocycles. The molecular weight excluding hydrogens is 269 g/mol. The number of hydrogen-bond acceptors (Lipinski definition) is 5. The number of alkyl halides is 3. The van der Waals surface area contributed by atoms with Gasteiger partial charge in [-0.05, 0) is 0 Å². The first-order valence-electron chi connectivity index (χ1n) is 5.29. The maximum atomic E-state index is 12.4. The lowest BCUT2D eigenvalue weighted by atomic mass is 10.3. The molecular formula is C9H11F3N4OS. The molecule has 100 valence electrons. The molecule has 1 aliphatic rings. The molecule has 1 saturated heterocycles. The van der Waals surface area contributed by atoms with Gasteiger partial charge in [0.05, 0.1) is 0 Å². The average Bonchev–Trinajstić information content (AvgIpc) is 2.78.